The van der Waals surface area contributed by atoms with Crippen LogP contribution in [0.4, 0.5) is 22.0 Å². The molecule has 1 aliphatic heterocycles. The number of ether oxygens (including phenoxy) is 1. The Morgan fingerprint density at radius 2 is 1.88 bits per heavy atom. The summed E-state index contributed by atoms with van der Waals surface area (Å²) in [6.07, 6.45) is 1.81. The number of aldehydes is 1. The molecule has 2 aromatic heterocycles. The van der Waals surface area contributed by atoms with E-state index in [1.807, 2.05) is 18.7 Å². The zero-order chi connectivity index (χ0) is 24.2. The largest absolute Gasteiger partial charge is 0.372 e. The van der Waals surface area contributed by atoms with E-state index in [1.54, 1.807) is 30.3 Å². The van der Waals surface area contributed by atoms with E-state index in [2.05, 4.69) is 30.8 Å². The highest BCUT2D eigenvalue weighted by molar-refractivity contribution is 5.99. The zero-order valence-corrected chi connectivity index (χ0v) is 18.9. The van der Waals surface area contributed by atoms with Gasteiger partial charge in [0.2, 0.25) is 5.95 Å². The van der Waals surface area contributed by atoms with Gasteiger partial charge in [0.25, 0.3) is 5.91 Å². The second-order valence-electron chi connectivity index (χ2n) is 7.96. The van der Waals surface area contributed by atoms with Crippen molar-refractivity contribution in [2.45, 2.75) is 26.1 Å². The third-order valence-electron chi connectivity index (χ3n) is 5.27. The van der Waals surface area contributed by atoms with Gasteiger partial charge in [-0.05, 0) is 25.5 Å². The molecule has 1 amide bonds. The van der Waals surface area contributed by atoms with Gasteiger partial charge in [-0.15, -0.1) is 10.2 Å². The first kappa shape index (κ1) is 23.2. The molecule has 3 heterocycles. The molecular weight excluding hydrogens is 441 g/mol. The maximum absolute atomic E-state index is 14.6. The van der Waals surface area contributed by atoms with Crippen molar-refractivity contribution in [3.8, 4) is 11.1 Å². The Morgan fingerprint density at radius 1 is 1.18 bits per heavy atom. The van der Waals surface area contributed by atoms with Gasteiger partial charge >= 0.3 is 0 Å². The summed E-state index contributed by atoms with van der Waals surface area (Å²) in [6.45, 7) is 5.07. The summed E-state index contributed by atoms with van der Waals surface area (Å²) in [5.41, 5.74) is 1.68. The van der Waals surface area contributed by atoms with E-state index in [0.29, 0.717) is 35.7 Å². The van der Waals surface area contributed by atoms with Crippen molar-refractivity contribution >= 4 is 29.8 Å². The normalized spacial score (nSPS) is 17.8. The van der Waals surface area contributed by atoms with Gasteiger partial charge in [0, 0.05) is 31.3 Å². The number of carbonyl (C=O) groups is 2. The van der Waals surface area contributed by atoms with Crippen LogP contribution >= 0.6 is 0 Å². The summed E-state index contributed by atoms with van der Waals surface area (Å²) in [7, 11) is 1.49. The Kier molecular flexibility index (Phi) is 6.73. The molecule has 11 heteroatoms. The number of halogens is 1. The predicted molar refractivity (Wildman–Crippen MR) is 124 cm³/mol. The quantitative estimate of drug-likeness (QED) is 0.529. The highest BCUT2D eigenvalue weighted by atomic mass is 19.1. The van der Waals surface area contributed by atoms with E-state index in [-0.39, 0.29) is 29.5 Å². The molecule has 2 atom stereocenters. The summed E-state index contributed by atoms with van der Waals surface area (Å²) in [5.74, 6) is -0.604. The van der Waals surface area contributed by atoms with E-state index < -0.39 is 11.7 Å². The fourth-order valence-corrected chi connectivity index (χ4v) is 3.76. The van der Waals surface area contributed by atoms with Crippen LogP contribution in [0.2, 0.25) is 0 Å². The van der Waals surface area contributed by atoms with Crippen LogP contribution in [0.25, 0.3) is 11.1 Å². The Labute approximate surface area is 195 Å². The van der Waals surface area contributed by atoms with Crippen LogP contribution < -0.4 is 15.5 Å². The van der Waals surface area contributed by atoms with Crippen molar-refractivity contribution in [2.75, 3.05) is 30.4 Å². The molecule has 0 spiro atoms. The minimum atomic E-state index is -0.660. The standard InChI is InChI=1S/C23H24FN7O3/c1-13-10-31(11-14(2)34-13)23-26-9-18(24)21(28-23)27-19-8-17(20(30-29-19)22(33)25-3)16-6-4-15(12-32)5-7-16/h4-9,12-14H,10-11H2,1-3H3,(H,25,33)(H,26,27,28,29). The van der Waals surface area contributed by atoms with Gasteiger partial charge < -0.3 is 20.3 Å². The van der Waals surface area contributed by atoms with Crippen LogP contribution in [0.5, 0.6) is 0 Å². The first-order valence-electron chi connectivity index (χ1n) is 10.7. The summed E-state index contributed by atoms with van der Waals surface area (Å²) >= 11 is 0. The lowest BCUT2D eigenvalue weighted by Gasteiger charge is -2.35. The topological polar surface area (TPSA) is 122 Å². The number of rotatable bonds is 6. The van der Waals surface area contributed by atoms with Crippen LogP contribution in [0.1, 0.15) is 34.7 Å². The molecular formula is C23H24FN7O3. The van der Waals surface area contributed by atoms with Crippen LogP contribution in [-0.4, -0.2) is 64.7 Å². The molecule has 0 radical (unpaired) electrons. The Bertz CT molecular complexity index is 1200. The lowest BCUT2D eigenvalue weighted by atomic mass is 10.0. The third kappa shape index (κ3) is 4.99. The Hall–Kier alpha value is -3.99. The van der Waals surface area contributed by atoms with Crippen molar-refractivity contribution in [3.05, 3.63) is 53.6 Å². The van der Waals surface area contributed by atoms with Gasteiger partial charge in [0.15, 0.2) is 23.1 Å². The molecule has 2 unspecified atom stereocenters. The molecule has 1 saturated heterocycles. The summed E-state index contributed by atoms with van der Waals surface area (Å²) in [6, 6.07) is 8.23. The fourth-order valence-electron chi connectivity index (χ4n) is 3.76. The Balaban J connectivity index is 1.67. The average Bonchev–Trinajstić information content (AvgIpc) is 2.84. The van der Waals surface area contributed by atoms with E-state index in [9.17, 15) is 14.0 Å². The van der Waals surface area contributed by atoms with Crippen molar-refractivity contribution in [1.29, 1.82) is 0 Å². The van der Waals surface area contributed by atoms with E-state index in [1.165, 1.54) is 7.05 Å². The molecule has 34 heavy (non-hydrogen) atoms. The first-order valence-corrected chi connectivity index (χ1v) is 10.7. The molecule has 0 aliphatic carbocycles. The predicted octanol–water partition coefficient (Wildman–Crippen LogP) is 2.60. The monoisotopic (exact) mass is 465 g/mol. The minimum Gasteiger partial charge on any atom is -0.372 e. The molecule has 1 fully saturated rings. The SMILES string of the molecule is CNC(=O)c1nnc(Nc2nc(N3CC(C)OC(C)C3)ncc2F)cc1-c1ccc(C=O)cc1. The first-order chi connectivity index (χ1) is 16.4. The van der Waals surface area contributed by atoms with Crippen LogP contribution in [0.3, 0.4) is 0 Å². The number of aromatic nitrogens is 4. The fraction of sp³-hybridized carbons (Fsp3) is 0.304. The number of hydrogen-bond donors (Lipinski definition) is 2. The highest BCUT2D eigenvalue weighted by Gasteiger charge is 2.25. The number of anilines is 3. The van der Waals surface area contributed by atoms with Crippen LogP contribution in [0, 0.1) is 5.82 Å². The molecule has 176 valence electrons. The van der Waals surface area contributed by atoms with E-state index >= 15 is 0 Å². The lowest BCUT2D eigenvalue weighted by Crippen LogP contribution is -2.46. The van der Waals surface area contributed by atoms with Gasteiger partial charge in [-0.3, -0.25) is 9.59 Å². The highest BCUT2D eigenvalue weighted by Crippen LogP contribution is 2.27. The van der Waals surface area contributed by atoms with Gasteiger partial charge in [-0.2, -0.15) is 4.98 Å². The van der Waals surface area contributed by atoms with Crippen LogP contribution in [-0.2, 0) is 4.74 Å². The second-order valence-corrected chi connectivity index (χ2v) is 7.96. The molecule has 10 nitrogen and oxygen atoms in total. The molecule has 0 bridgehead atoms. The number of nitrogens with one attached hydrogen (secondary N) is 2. The number of amides is 1. The third-order valence-corrected chi connectivity index (χ3v) is 5.27. The molecule has 1 aliphatic rings. The number of carbonyl (C=O) groups excluding carboxylic acids is 2. The van der Waals surface area contributed by atoms with E-state index in [4.69, 9.17) is 4.74 Å². The van der Waals surface area contributed by atoms with Crippen molar-refractivity contribution < 1.29 is 18.7 Å². The summed E-state index contributed by atoms with van der Waals surface area (Å²) in [5, 5.41) is 13.4. The summed E-state index contributed by atoms with van der Waals surface area (Å²) in [4.78, 5) is 33.7. The smallest absolute Gasteiger partial charge is 0.272 e. The van der Waals surface area contributed by atoms with Crippen molar-refractivity contribution in [2.24, 2.45) is 0 Å². The van der Waals surface area contributed by atoms with Gasteiger partial charge in [0.1, 0.15) is 6.29 Å². The number of morpholine rings is 1. The summed E-state index contributed by atoms with van der Waals surface area (Å²) < 4.78 is 20.3. The number of benzene rings is 1. The molecule has 3 aromatic rings. The van der Waals surface area contributed by atoms with Gasteiger partial charge in [-0.25, -0.2) is 9.37 Å². The molecule has 2 N–H and O–H groups in total. The minimum absolute atomic E-state index is 0.00917. The second kappa shape index (κ2) is 9.87. The maximum Gasteiger partial charge on any atom is 0.272 e. The van der Waals surface area contributed by atoms with Gasteiger partial charge in [0.05, 0.1) is 18.4 Å². The van der Waals surface area contributed by atoms with Crippen LogP contribution in [0.15, 0.2) is 36.5 Å². The van der Waals surface area contributed by atoms with Crippen molar-refractivity contribution in [1.82, 2.24) is 25.5 Å². The molecule has 0 saturated carbocycles. The Morgan fingerprint density at radius 3 is 2.53 bits per heavy atom. The zero-order valence-electron chi connectivity index (χ0n) is 18.9. The van der Waals surface area contributed by atoms with Crippen molar-refractivity contribution in [3.63, 3.8) is 0 Å². The number of nitrogens with zero attached hydrogens (tertiary/aromatic N) is 5. The van der Waals surface area contributed by atoms with Gasteiger partial charge in [-0.1, -0.05) is 24.3 Å². The van der Waals surface area contributed by atoms with E-state index in [0.717, 1.165) is 12.5 Å². The average molecular weight is 465 g/mol. The molecule has 4 rings (SSSR count). The maximum atomic E-state index is 14.6. The molecule has 1 aromatic carbocycles. The lowest BCUT2D eigenvalue weighted by molar-refractivity contribution is -0.00572. The number of hydrogen-bond acceptors (Lipinski definition) is 9.